The SMILES string of the molecule is O=Cc1ccc(OC(=O)CCl)cn1. The number of aldehydes is 1. The summed E-state index contributed by atoms with van der Waals surface area (Å²) in [7, 11) is 0. The number of nitrogens with zero attached hydrogens (tertiary/aromatic N) is 1. The Morgan fingerprint density at radius 2 is 2.38 bits per heavy atom. The third-order valence-corrected chi connectivity index (χ3v) is 1.44. The van der Waals surface area contributed by atoms with Crippen molar-refractivity contribution in [3.05, 3.63) is 24.0 Å². The molecular formula is C8H6ClNO3. The molecule has 1 heterocycles. The van der Waals surface area contributed by atoms with Gasteiger partial charge in [0.2, 0.25) is 0 Å². The van der Waals surface area contributed by atoms with E-state index in [1.807, 2.05) is 0 Å². The Morgan fingerprint density at radius 3 is 2.85 bits per heavy atom. The zero-order valence-electron chi connectivity index (χ0n) is 6.57. The smallest absolute Gasteiger partial charge is 0.326 e. The van der Waals surface area contributed by atoms with Crippen LogP contribution in [-0.4, -0.2) is 23.1 Å². The molecule has 0 unspecified atom stereocenters. The van der Waals surface area contributed by atoms with Crippen LogP contribution in [0, 0.1) is 0 Å². The van der Waals surface area contributed by atoms with Crippen LogP contribution in [-0.2, 0) is 4.79 Å². The molecule has 0 aliphatic rings. The fourth-order valence-electron chi connectivity index (χ4n) is 0.681. The highest BCUT2D eigenvalue weighted by Gasteiger charge is 2.02. The monoisotopic (exact) mass is 199 g/mol. The number of rotatable bonds is 3. The summed E-state index contributed by atoms with van der Waals surface area (Å²) in [5, 5.41) is 0. The molecule has 0 N–H and O–H groups in total. The normalized spacial score (nSPS) is 9.31. The van der Waals surface area contributed by atoms with Crippen molar-refractivity contribution in [2.75, 3.05) is 5.88 Å². The van der Waals surface area contributed by atoms with E-state index < -0.39 is 5.97 Å². The number of esters is 1. The van der Waals surface area contributed by atoms with E-state index in [2.05, 4.69) is 4.98 Å². The molecule has 0 atom stereocenters. The quantitative estimate of drug-likeness (QED) is 0.415. The van der Waals surface area contributed by atoms with Crippen molar-refractivity contribution in [2.45, 2.75) is 0 Å². The summed E-state index contributed by atoms with van der Waals surface area (Å²) in [5.74, 6) is -0.492. The molecule has 0 bridgehead atoms. The second-order valence-corrected chi connectivity index (χ2v) is 2.41. The van der Waals surface area contributed by atoms with Gasteiger partial charge < -0.3 is 4.74 Å². The third kappa shape index (κ3) is 2.83. The second kappa shape index (κ2) is 4.57. The molecular weight excluding hydrogens is 194 g/mol. The van der Waals surface area contributed by atoms with Gasteiger partial charge >= 0.3 is 5.97 Å². The van der Waals surface area contributed by atoms with E-state index in [0.29, 0.717) is 6.29 Å². The van der Waals surface area contributed by atoms with E-state index in [1.165, 1.54) is 18.3 Å². The number of hydrogen-bond acceptors (Lipinski definition) is 4. The van der Waals surface area contributed by atoms with E-state index in [1.54, 1.807) is 0 Å². The van der Waals surface area contributed by atoms with Gasteiger partial charge in [-0.2, -0.15) is 0 Å². The van der Waals surface area contributed by atoms with E-state index in [4.69, 9.17) is 16.3 Å². The molecule has 0 aliphatic carbocycles. The van der Waals surface area contributed by atoms with Gasteiger partial charge in [-0.1, -0.05) is 0 Å². The molecule has 5 heteroatoms. The summed E-state index contributed by atoms with van der Waals surface area (Å²) in [4.78, 5) is 24.6. The minimum Gasteiger partial charge on any atom is -0.424 e. The number of pyridine rings is 1. The topological polar surface area (TPSA) is 56.3 Å². The summed E-state index contributed by atoms with van der Waals surface area (Å²) in [5.41, 5.74) is 0.283. The van der Waals surface area contributed by atoms with Crippen LogP contribution in [0.3, 0.4) is 0 Å². The van der Waals surface area contributed by atoms with Crippen molar-refractivity contribution >= 4 is 23.9 Å². The van der Waals surface area contributed by atoms with Crippen molar-refractivity contribution in [3.8, 4) is 5.75 Å². The maximum Gasteiger partial charge on any atom is 0.326 e. The molecule has 1 aromatic rings. The largest absolute Gasteiger partial charge is 0.424 e. The van der Waals surface area contributed by atoms with Crippen LogP contribution in [0.2, 0.25) is 0 Å². The van der Waals surface area contributed by atoms with Gasteiger partial charge in [0.15, 0.2) is 6.29 Å². The van der Waals surface area contributed by atoms with E-state index >= 15 is 0 Å². The third-order valence-electron chi connectivity index (χ3n) is 1.22. The summed E-state index contributed by atoms with van der Waals surface area (Å²) >= 11 is 5.21. The summed E-state index contributed by atoms with van der Waals surface area (Å²) in [6, 6.07) is 2.92. The Labute approximate surface area is 79.5 Å². The lowest BCUT2D eigenvalue weighted by Gasteiger charge is -2.00. The predicted molar refractivity (Wildman–Crippen MR) is 46.0 cm³/mol. The molecule has 0 spiro atoms. The van der Waals surface area contributed by atoms with Crippen molar-refractivity contribution in [1.29, 1.82) is 0 Å². The number of alkyl halides is 1. The highest BCUT2D eigenvalue weighted by atomic mass is 35.5. The first-order valence-corrected chi connectivity index (χ1v) is 3.97. The maximum atomic E-state index is 10.7. The lowest BCUT2D eigenvalue weighted by atomic mass is 10.4. The van der Waals surface area contributed by atoms with Gasteiger partial charge in [-0.15, -0.1) is 11.6 Å². The summed E-state index contributed by atoms with van der Waals surface area (Å²) in [6.07, 6.45) is 1.89. The van der Waals surface area contributed by atoms with Crippen LogP contribution < -0.4 is 4.74 Å². The zero-order chi connectivity index (χ0) is 9.68. The molecule has 0 aliphatic heterocycles. The zero-order valence-corrected chi connectivity index (χ0v) is 7.32. The fourth-order valence-corrected chi connectivity index (χ4v) is 0.735. The van der Waals surface area contributed by atoms with Crippen LogP contribution in [0.4, 0.5) is 0 Å². The number of hydrogen-bond donors (Lipinski definition) is 0. The van der Waals surface area contributed by atoms with Crippen LogP contribution >= 0.6 is 11.6 Å². The minimum atomic E-state index is -0.553. The van der Waals surface area contributed by atoms with E-state index in [-0.39, 0.29) is 17.3 Å². The molecule has 0 saturated carbocycles. The van der Waals surface area contributed by atoms with Gasteiger partial charge in [-0.3, -0.25) is 9.59 Å². The van der Waals surface area contributed by atoms with E-state index in [0.717, 1.165) is 0 Å². The Bertz CT molecular complexity index is 310. The van der Waals surface area contributed by atoms with Crippen molar-refractivity contribution in [3.63, 3.8) is 0 Å². The first-order chi connectivity index (χ1) is 6.26. The minimum absolute atomic E-state index is 0.213. The van der Waals surface area contributed by atoms with E-state index in [9.17, 15) is 9.59 Å². The van der Waals surface area contributed by atoms with Gasteiger partial charge in [-0.05, 0) is 12.1 Å². The highest BCUT2D eigenvalue weighted by molar-refractivity contribution is 6.26. The lowest BCUT2D eigenvalue weighted by Crippen LogP contribution is -2.09. The summed E-state index contributed by atoms with van der Waals surface area (Å²) in [6.45, 7) is 0. The average molecular weight is 200 g/mol. The van der Waals surface area contributed by atoms with Gasteiger partial charge in [0.05, 0.1) is 6.20 Å². The highest BCUT2D eigenvalue weighted by Crippen LogP contribution is 2.08. The van der Waals surface area contributed by atoms with Gasteiger partial charge in [0.25, 0.3) is 0 Å². The van der Waals surface area contributed by atoms with Crippen molar-refractivity contribution < 1.29 is 14.3 Å². The average Bonchev–Trinajstić information content (AvgIpc) is 2.19. The van der Waals surface area contributed by atoms with Gasteiger partial charge in [0, 0.05) is 0 Å². The fraction of sp³-hybridized carbons (Fsp3) is 0.125. The number of ether oxygens (including phenoxy) is 1. The Kier molecular flexibility index (Phi) is 3.40. The standard InChI is InChI=1S/C8H6ClNO3/c9-3-8(12)13-7-2-1-6(5-11)10-4-7/h1-2,4-5H,3H2. The second-order valence-electron chi connectivity index (χ2n) is 2.14. The van der Waals surface area contributed by atoms with Crippen LogP contribution in [0.1, 0.15) is 10.5 Å². The Hall–Kier alpha value is -1.42. The molecule has 13 heavy (non-hydrogen) atoms. The molecule has 1 rings (SSSR count). The number of carbonyl (C=O) groups is 2. The Balaban J connectivity index is 2.69. The molecule has 0 amide bonds. The first kappa shape index (κ1) is 9.67. The lowest BCUT2D eigenvalue weighted by molar-refractivity contribution is -0.131. The van der Waals surface area contributed by atoms with Gasteiger partial charge in [-0.25, -0.2) is 4.98 Å². The molecule has 0 aromatic carbocycles. The molecule has 0 radical (unpaired) electrons. The van der Waals surface area contributed by atoms with Gasteiger partial charge in [0.1, 0.15) is 17.3 Å². The predicted octanol–water partition coefficient (Wildman–Crippen LogP) is 1.04. The first-order valence-electron chi connectivity index (χ1n) is 3.44. The Morgan fingerprint density at radius 1 is 1.62 bits per heavy atom. The molecule has 68 valence electrons. The number of aromatic nitrogens is 1. The van der Waals surface area contributed by atoms with Crippen molar-refractivity contribution in [2.24, 2.45) is 0 Å². The molecule has 1 aromatic heterocycles. The molecule has 0 saturated heterocycles. The van der Waals surface area contributed by atoms with Crippen LogP contribution in [0.15, 0.2) is 18.3 Å². The van der Waals surface area contributed by atoms with Crippen LogP contribution in [0.5, 0.6) is 5.75 Å². The number of carbonyl (C=O) groups excluding carboxylic acids is 2. The van der Waals surface area contributed by atoms with Crippen LogP contribution in [0.25, 0.3) is 0 Å². The number of halogens is 1. The molecule has 0 fully saturated rings. The maximum absolute atomic E-state index is 10.7. The summed E-state index contributed by atoms with van der Waals surface area (Å²) < 4.78 is 4.71. The molecule has 4 nitrogen and oxygen atoms in total. The van der Waals surface area contributed by atoms with Crippen molar-refractivity contribution in [1.82, 2.24) is 4.98 Å².